The van der Waals surface area contributed by atoms with Crippen LogP contribution in [0.25, 0.3) is 0 Å². The van der Waals surface area contributed by atoms with Crippen LogP contribution < -0.4 is 10.5 Å². The number of nitrogens with two attached hydrogens (primary N) is 1. The summed E-state index contributed by atoms with van der Waals surface area (Å²) in [6.45, 7) is -0.250. The van der Waals surface area contributed by atoms with E-state index in [9.17, 15) is 26.0 Å². The molecule has 1 aliphatic carbocycles. The van der Waals surface area contributed by atoms with Gasteiger partial charge in [-0.15, -0.1) is 0 Å². The number of rotatable bonds is 4. The van der Waals surface area contributed by atoms with Crippen LogP contribution in [0.2, 0.25) is 0 Å². The molecule has 20 heavy (non-hydrogen) atoms. The fourth-order valence-electron chi connectivity index (χ4n) is 1.76. The summed E-state index contributed by atoms with van der Waals surface area (Å²) in [5.74, 6) is -0.705. The van der Waals surface area contributed by atoms with E-state index in [1.807, 2.05) is 0 Å². The van der Waals surface area contributed by atoms with Crippen LogP contribution in [0.4, 0.5) is 17.6 Å². The molecule has 4 nitrogen and oxygen atoms in total. The van der Waals surface area contributed by atoms with E-state index in [1.54, 1.807) is 4.72 Å². The van der Waals surface area contributed by atoms with Gasteiger partial charge in [-0.25, -0.2) is 12.8 Å². The van der Waals surface area contributed by atoms with E-state index >= 15 is 0 Å². The van der Waals surface area contributed by atoms with Crippen molar-refractivity contribution in [3.63, 3.8) is 0 Å². The molecule has 1 aromatic rings. The Morgan fingerprint density at radius 3 is 2.35 bits per heavy atom. The largest absolute Gasteiger partial charge is 0.407 e. The zero-order chi connectivity index (χ0) is 15.2. The summed E-state index contributed by atoms with van der Waals surface area (Å²) in [4.78, 5) is -0.435. The van der Waals surface area contributed by atoms with Gasteiger partial charge in [0.2, 0.25) is 10.0 Å². The highest BCUT2D eigenvalue weighted by molar-refractivity contribution is 7.89. The number of sulfonamides is 1. The van der Waals surface area contributed by atoms with Gasteiger partial charge in [-0.2, -0.15) is 17.9 Å². The van der Waals surface area contributed by atoms with Crippen molar-refractivity contribution in [2.75, 3.05) is 0 Å². The maximum atomic E-state index is 13.2. The Morgan fingerprint density at radius 1 is 1.30 bits per heavy atom. The summed E-state index contributed by atoms with van der Waals surface area (Å²) in [7, 11) is -4.38. The molecule has 112 valence electrons. The first-order valence-electron chi connectivity index (χ1n) is 5.70. The third-order valence-corrected chi connectivity index (χ3v) is 4.70. The van der Waals surface area contributed by atoms with Gasteiger partial charge in [0.25, 0.3) is 0 Å². The van der Waals surface area contributed by atoms with Crippen LogP contribution in [-0.4, -0.2) is 20.1 Å². The van der Waals surface area contributed by atoms with Crippen LogP contribution in [0.1, 0.15) is 18.4 Å². The Kier molecular flexibility index (Phi) is 3.55. The molecule has 0 atom stereocenters. The fourth-order valence-corrected chi connectivity index (χ4v) is 3.26. The lowest BCUT2D eigenvalue weighted by Crippen LogP contribution is -2.47. The zero-order valence-corrected chi connectivity index (χ0v) is 11.0. The van der Waals surface area contributed by atoms with Gasteiger partial charge in [0, 0.05) is 12.1 Å². The summed E-state index contributed by atoms with van der Waals surface area (Å²) in [5.41, 5.74) is 2.76. The van der Waals surface area contributed by atoms with E-state index < -0.39 is 32.5 Å². The predicted octanol–water partition coefficient (Wildman–Crippen LogP) is 1.66. The Morgan fingerprint density at radius 2 is 1.90 bits per heavy atom. The second-order valence-corrected chi connectivity index (χ2v) is 6.33. The average Bonchev–Trinajstić information content (AvgIpc) is 3.09. The van der Waals surface area contributed by atoms with E-state index in [0.29, 0.717) is 0 Å². The molecule has 0 unspecified atom stereocenters. The molecule has 3 N–H and O–H groups in total. The van der Waals surface area contributed by atoms with E-state index in [4.69, 9.17) is 5.73 Å². The van der Waals surface area contributed by atoms with Crippen molar-refractivity contribution in [1.82, 2.24) is 4.72 Å². The van der Waals surface area contributed by atoms with E-state index in [2.05, 4.69) is 0 Å². The van der Waals surface area contributed by atoms with Crippen LogP contribution in [0.3, 0.4) is 0 Å². The maximum Gasteiger partial charge on any atom is 0.407 e. The monoisotopic (exact) mass is 312 g/mol. The van der Waals surface area contributed by atoms with Crippen molar-refractivity contribution in [3.05, 3.63) is 29.6 Å². The SMILES string of the molecule is NCc1cc(S(=O)(=O)NC2(C(F)(F)F)CC2)ccc1F. The molecule has 0 amide bonds. The zero-order valence-electron chi connectivity index (χ0n) is 10.2. The molecule has 1 saturated carbocycles. The molecule has 0 saturated heterocycles. The molecule has 0 aliphatic heterocycles. The van der Waals surface area contributed by atoms with Crippen LogP contribution >= 0.6 is 0 Å². The topological polar surface area (TPSA) is 72.2 Å². The van der Waals surface area contributed by atoms with Crippen molar-refractivity contribution in [3.8, 4) is 0 Å². The Hall–Kier alpha value is -1.19. The van der Waals surface area contributed by atoms with Crippen molar-refractivity contribution in [2.24, 2.45) is 5.73 Å². The molecule has 0 heterocycles. The number of hydrogen-bond donors (Lipinski definition) is 2. The first kappa shape index (κ1) is 15.2. The molecule has 1 aromatic carbocycles. The fraction of sp³-hybridized carbons (Fsp3) is 0.455. The van der Waals surface area contributed by atoms with E-state index in [0.717, 1.165) is 18.2 Å². The van der Waals surface area contributed by atoms with Gasteiger partial charge >= 0.3 is 6.18 Å². The molecular weight excluding hydrogens is 300 g/mol. The van der Waals surface area contributed by atoms with Gasteiger partial charge in [-0.05, 0) is 31.0 Å². The summed E-state index contributed by atoms with van der Waals surface area (Å²) in [6, 6.07) is 2.71. The van der Waals surface area contributed by atoms with Crippen molar-refractivity contribution in [2.45, 2.75) is 36.0 Å². The average molecular weight is 312 g/mol. The summed E-state index contributed by atoms with van der Waals surface area (Å²) in [6.07, 6.45) is -5.27. The summed E-state index contributed by atoms with van der Waals surface area (Å²) < 4.78 is 77.0. The van der Waals surface area contributed by atoms with Crippen molar-refractivity contribution < 1.29 is 26.0 Å². The quantitative estimate of drug-likeness (QED) is 0.831. The van der Waals surface area contributed by atoms with Gasteiger partial charge in [0.05, 0.1) is 4.90 Å². The Balaban J connectivity index is 2.33. The number of hydrogen-bond acceptors (Lipinski definition) is 3. The highest BCUT2D eigenvalue weighted by Crippen LogP contribution is 2.49. The van der Waals surface area contributed by atoms with Gasteiger partial charge in [0.15, 0.2) is 0 Å². The number of halogens is 4. The first-order valence-corrected chi connectivity index (χ1v) is 7.19. The second kappa shape index (κ2) is 4.68. The van der Waals surface area contributed by atoms with Crippen molar-refractivity contribution >= 4 is 10.0 Å². The van der Waals surface area contributed by atoms with Gasteiger partial charge < -0.3 is 5.73 Å². The minimum atomic E-state index is -4.66. The van der Waals surface area contributed by atoms with Crippen molar-refractivity contribution in [1.29, 1.82) is 0 Å². The molecule has 1 fully saturated rings. The first-order chi connectivity index (χ1) is 9.11. The normalized spacial score (nSPS) is 18.1. The number of alkyl halides is 3. The van der Waals surface area contributed by atoms with Crippen LogP contribution in [0, 0.1) is 5.82 Å². The lowest BCUT2D eigenvalue weighted by atomic mass is 10.2. The third-order valence-electron chi connectivity index (χ3n) is 3.17. The third kappa shape index (κ3) is 2.65. The van der Waals surface area contributed by atoms with Gasteiger partial charge in [-0.3, -0.25) is 0 Å². The molecule has 0 aromatic heterocycles. The molecule has 0 bridgehead atoms. The molecule has 1 aliphatic rings. The molecule has 0 radical (unpaired) electrons. The highest BCUT2D eigenvalue weighted by Gasteiger charge is 2.65. The molecule has 2 rings (SSSR count). The van der Waals surface area contributed by atoms with Crippen LogP contribution in [0.5, 0.6) is 0 Å². The Labute approximate surface area is 113 Å². The van der Waals surface area contributed by atoms with Crippen LogP contribution in [-0.2, 0) is 16.6 Å². The Bertz CT molecular complexity index is 624. The smallest absolute Gasteiger partial charge is 0.326 e. The lowest BCUT2D eigenvalue weighted by molar-refractivity contribution is -0.160. The standard InChI is InChI=1S/C11H12F4N2O2S/c12-9-2-1-8(5-7(9)6-16)20(18,19)17-10(3-4-10)11(13,14)15/h1-2,5,17H,3-4,6,16H2. The minimum absolute atomic E-state index is 0.0790. The minimum Gasteiger partial charge on any atom is -0.326 e. The molecule has 0 spiro atoms. The van der Waals surface area contributed by atoms with E-state index in [1.165, 1.54) is 0 Å². The van der Waals surface area contributed by atoms with Gasteiger partial charge in [-0.1, -0.05) is 0 Å². The number of nitrogens with one attached hydrogen (secondary N) is 1. The summed E-state index contributed by atoms with van der Waals surface area (Å²) >= 11 is 0. The summed E-state index contributed by atoms with van der Waals surface area (Å²) in [5, 5.41) is 0. The van der Waals surface area contributed by atoms with Crippen LogP contribution in [0.15, 0.2) is 23.1 Å². The lowest BCUT2D eigenvalue weighted by Gasteiger charge is -2.20. The number of benzene rings is 1. The van der Waals surface area contributed by atoms with E-state index in [-0.39, 0.29) is 24.9 Å². The highest BCUT2D eigenvalue weighted by atomic mass is 32.2. The second-order valence-electron chi connectivity index (χ2n) is 4.64. The predicted molar refractivity (Wildman–Crippen MR) is 62.6 cm³/mol. The van der Waals surface area contributed by atoms with Gasteiger partial charge in [0.1, 0.15) is 11.4 Å². The molecule has 9 heteroatoms. The maximum absolute atomic E-state index is 13.2. The molecular formula is C11H12F4N2O2S.